The number of hydrogen-bond acceptors (Lipinski definition) is 4. The van der Waals surface area contributed by atoms with Crippen LogP contribution in [0, 0.1) is 0 Å². The Morgan fingerprint density at radius 1 is 0.955 bits per heavy atom. The Morgan fingerprint density at radius 2 is 1.45 bits per heavy atom. The van der Waals surface area contributed by atoms with E-state index >= 15 is 0 Å². The van der Waals surface area contributed by atoms with E-state index in [9.17, 15) is 13.2 Å². The van der Waals surface area contributed by atoms with Gasteiger partial charge in [0, 0.05) is 13.0 Å². The van der Waals surface area contributed by atoms with Gasteiger partial charge < -0.3 is 5.32 Å². The molecule has 2 N–H and O–H groups in total. The molecule has 0 heterocycles. The summed E-state index contributed by atoms with van der Waals surface area (Å²) in [6.07, 6.45) is 11.6. The number of Topliss-reactive ketones (excluding diaryl/α,β-unsaturated/α-hetero) is 1. The van der Waals surface area contributed by atoms with Gasteiger partial charge in [-0.3, -0.25) is 9.35 Å². The fourth-order valence-corrected chi connectivity index (χ4v) is 2.55. The molecule has 22 heavy (non-hydrogen) atoms. The second kappa shape index (κ2) is 16.4. The van der Waals surface area contributed by atoms with E-state index in [4.69, 9.17) is 4.55 Å². The SMILES string of the molecule is CCCCCCCCCCCC(=O)CNCCS(=O)(=O)O.[Na+]. The van der Waals surface area contributed by atoms with Crippen molar-refractivity contribution < 1.29 is 47.3 Å². The van der Waals surface area contributed by atoms with Crippen LogP contribution in [-0.4, -0.2) is 37.6 Å². The van der Waals surface area contributed by atoms with Crippen molar-refractivity contribution in [2.75, 3.05) is 18.8 Å². The minimum Gasteiger partial charge on any atom is -0.309 e. The van der Waals surface area contributed by atoms with Gasteiger partial charge in [-0.1, -0.05) is 58.3 Å². The van der Waals surface area contributed by atoms with Crippen molar-refractivity contribution >= 4 is 15.9 Å². The quantitative estimate of drug-likeness (QED) is 0.247. The Morgan fingerprint density at radius 3 is 1.95 bits per heavy atom. The molecule has 0 amide bonds. The van der Waals surface area contributed by atoms with Crippen LogP contribution in [0.15, 0.2) is 0 Å². The molecule has 0 fully saturated rings. The molecule has 0 aliphatic heterocycles. The normalized spacial score (nSPS) is 11.2. The van der Waals surface area contributed by atoms with Crippen LogP contribution in [0.5, 0.6) is 0 Å². The van der Waals surface area contributed by atoms with Gasteiger partial charge in [-0.15, -0.1) is 0 Å². The van der Waals surface area contributed by atoms with E-state index in [1.165, 1.54) is 44.9 Å². The van der Waals surface area contributed by atoms with E-state index in [-0.39, 0.29) is 54.2 Å². The largest absolute Gasteiger partial charge is 1.00 e. The molecule has 7 heteroatoms. The van der Waals surface area contributed by atoms with E-state index in [1.54, 1.807) is 0 Å². The van der Waals surface area contributed by atoms with Gasteiger partial charge in [-0.2, -0.15) is 8.42 Å². The first-order valence-electron chi connectivity index (χ1n) is 8.13. The van der Waals surface area contributed by atoms with E-state index in [2.05, 4.69) is 12.2 Å². The van der Waals surface area contributed by atoms with Crippen molar-refractivity contribution in [3.63, 3.8) is 0 Å². The third-order valence-corrected chi connectivity index (χ3v) is 4.14. The minimum atomic E-state index is -3.93. The molecule has 0 aromatic carbocycles. The molecule has 0 bridgehead atoms. The average Bonchev–Trinajstić information content (AvgIpc) is 2.41. The Kier molecular flexibility index (Phi) is 18.5. The van der Waals surface area contributed by atoms with Crippen LogP contribution in [-0.2, 0) is 14.9 Å². The molecule has 5 nitrogen and oxygen atoms in total. The van der Waals surface area contributed by atoms with Crippen LogP contribution in [0.2, 0.25) is 0 Å². The van der Waals surface area contributed by atoms with Gasteiger partial charge >= 0.3 is 29.6 Å². The van der Waals surface area contributed by atoms with Gasteiger partial charge in [0.05, 0.1) is 12.3 Å². The van der Waals surface area contributed by atoms with Gasteiger partial charge in [0.15, 0.2) is 0 Å². The number of ketones is 1. The predicted molar refractivity (Wildman–Crippen MR) is 86.1 cm³/mol. The monoisotopic (exact) mass is 344 g/mol. The summed E-state index contributed by atoms with van der Waals surface area (Å²) in [7, 11) is -3.93. The molecule has 0 aromatic rings. The molecule has 0 aliphatic carbocycles. The maximum absolute atomic E-state index is 11.5. The van der Waals surface area contributed by atoms with E-state index in [0.717, 1.165) is 12.8 Å². The maximum atomic E-state index is 11.5. The van der Waals surface area contributed by atoms with Crippen molar-refractivity contribution in [2.24, 2.45) is 0 Å². The number of unbranched alkanes of at least 4 members (excludes halogenated alkanes) is 8. The number of hydrogen-bond donors (Lipinski definition) is 2. The molecule has 0 radical (unpaired) electrons. The Labute approximate surface area is 158 Å². The summed E-state index contributed by atoms with van der Waals surface area (Å²) in [6, 6.07) is 0. The van der Waals surface area contributed by atoms with Crippen LogP contribution < -0.4 is 34.9 Å². The number of carbonyl (C=O) groups is 1. The van der Waals surface area contributed by atoms with Crippen LogP contribution >= 0.6 is 0 Å². The van der Waals surface area contributed by atoms with E-state index in [0.29, 0.717) is 6.42 Å². The van der Waals surface area contributed by atoms with Crippen LogP contribution in [0.1, 0.15) is 71.1 Å². The van der Waals surface area contributed by atoms with Crippen molar-refractivity contribution in [3.05, 3.63) is 0 Å². The van der Waals surface area contributed by atoms with Gasteiger partial charge in [0.25, 0.3) is 10.1 Å². The fraction of sp³-hybridized carbons (Fsp3) is 0.933. The van der Waals surface area contributed by atoms with Crippen molar-refractivity contribution in [2.45, 2.75) is 71.1 Å². The number of rotatable bonds is 15. The van der Waals surface area contributed by atoms with E-state index < -0.39 is 10.1 Å². The summed E-state index contributed by atoms with van der Waals surface area (Å²) in [6.45, 7) is 2.52. The summed E-state index contributed by atoms with van der Waals surface area (Å²) < 4.78 is 29.4. The Balaban J connectivity index is 0. The molecule has 0 spiro atoms. The summed E-state index contributed by atoms with van der Waals surface area (Å²) >= 11 is 0. The molecule has 0 atom stereocenters. The zero-order valence-electron chi connectivity index (χ0n) is 14.3. The Hall–Kier alpha value is 0.540. The molecular weight excluding hydrogens is 313 g/mol. The van der Waals surface area contributed by atoms with Gasteiger partial charge in [0.2, 0.25) is 0 Å². The summed E-state index contributed by atoms with van der Waals surface area (Å²) in [4.78, 5) is 11.5. The summed E-state index contributed by atoms with van der Waals surface area (Å²) in [5.41, 5.74) is 0. The van der Waals surface area contributed by atoms with E-state index in [1.807, 2.05) is 0 Å². The molecule has 0 rings (SSSR count). The van der Waals surface area contributed by atoms with Crippen molar-refractivity contribution in [1.82, 2.24) is 5.32 Å². The molecule has 0 aliphatic rings. The summed E-state index contributed by atoms with van der Waals surface area (Å²) in [5.74, 6) is -0.244. The third-order valence-electron chi connectivity index (χ3n) is 3.42. The molecular formula is C15H31NNaO4S+. The molecule has 0 aromatic heterocycles. The van der Waals surface area contributed by atoms with Gasteiger partial charge in [-0.25, -0.2) is 0 Å². The molecule has 126 valence electrons. The molecule has 0 unspecified atom stereocenters. The van der Waals surface area contributed by atoms with Crippen molar-refractivity contribution in [1.29, 1.82) is 0 Å². The maximum Gasteiger partial charge on any atom is 1.00 e. The zero-order valence-corrected chi connectivity index (χ0v) is 17.1. The van der Waals surface area contributed by atoms with Crippen LogP contribution in [0.25, 0.3) is 0 Å². The first kappa shape index (κ1) is 24.8. The first-order valence-corrected chi connectivity index (χ1v) is 9.74. The minimum absolute atomic E-state index is 0. The van der Waals surface area contributed by atoms with Crippen molar-refractivity contribution in [3.8, 4) is 0 Å². The first-order chi connectivity index (χ1) is 9.95. The second-order valence-electron chi connectivity index (χ2n) is 5.58. The smallest absolute Gasteiger partial charge is 0.309 e. The van der Waals surface area contributed by atoms with Crippen LogP contribution in [0.3, 0.4) is 0 Å². The van der Waals surface area contributed by atoms with Gasteiger partial charge in [0.1, 0.15) is 5.78 Å². The summed E-state index contributed by atoms with van der Waals surface area (Å²) in [5, 5.41) is 2.73. The Bertz CT molecular complexity index is 361. The third kappa shape index (κ3) is 20.5. The topological polar surface area (TPSA) is 83.5 Å². The second-order valence-corrected chi connectivity index (χ2v) is 7.15. The van der Waals surface area contributed by atoms with Crippen LogP contribution in [0.4, 0.5) is 0 Å². The standard InChI is InChI=1S/C15H31NO4S.Na/c1-2-3-4-5-6-7-8-9-10-11-15(17)14-16-12-13-21(18,19)20;/h16H,2-14H2,1H3,(H,18,19,20);/q;+1. The molecule has 0 saturated carbocycles. The number of nitrogens with one attached hydrogen (secondary N) is 1. The fourth-order valence-electron chi connectivity index (χ4n) is 2.15. The number of carbonyl (C=O) groups excluding carboxylic acids is 1. The molecule has 0 saturated heterocycles. The van der Waals surface area contributed by atoms with Gasteiger partial charge in [-0.05, 0) is 6.42 Å². The predicted octanol–water partition coefficient (Wildman–Crippen LogP) is -0.0422. The average molecular weight is 344 g/mol. The zero-order chi connectivity index (χ0) is 16.0.